The van der Waals surface area contributed by atoms with Crippen LogP contribution in [0.2, 0.25) is 0 Å². The number of amides is 2. The zero-order valence-corrected chi connectivity index (χ0v) is 21.1. The average molecular weight is 534 g/mol. The van der Waals surface area contributed by atoms with Gasteiger partial charge < -0.3 is 20.0 Å². The molecular weight excluding hydrogens is 508 g/mol. The van der Waals surface area contributed by atoms with E-state index >= 15 is 0 Å². The van der Waals surface area contributed by atoms with E-state index in [0.29, 0.717) is 30.1 Å². The lowest BCUT2D eigenvalue weighted by atomic mass is 10.0. The Morgan fingerprint density at radius 3 is 2.78 bits per heavy atom. The Bertz CT molecular complexity index is 1220. The number of oxazole rings is 1. The summed E-state index contributed by atoms with van der Waals surface area (Å²) >= 11 is 2.86. The monoisotopic (exact) mass is 533 g/mol. The van der Waals surface area contributed by atoms with E-state index in [4.69, 9.17) is 4.42 Å². The van der Waals surface area contributed by atoms with Crippen LogP contribution in [0.25, 0.3) is 0 Å². The number of carbonyl (C=O) groups is 2. The van der Waals surface area contributed by atoms with Gasteiger partial charge in [-0.2, -0.15) is 8.78 Å². The molecule has 0 aliphatic carbocycles. The van der Waals surface area contributed by atoms with Gasteiger partial charge in [0.2, 0.25) is 11.8 Å². The van der Waals surface area contributed by atoms with E-state index in [2.05, 4.69) is 27.2 Å². The minimum absolute atomic E-state index is 0.0546. The van der Waals surface area contributed by atoms with E-state index in [1.54, 1.807) is 30.5 Å². The molecule has 1 atom stereocenters. The van der Waals surface area contributed by atoms with Crippen LogP contribution in [0.3, 0.4) is 0 Å². The summed E-state index contributed by atoms with van der Waals surface area (Å²) < 4.78 is 32.6. The van der Waals surface area contributed by atoms with Crippen LogP contribution in [0.1, 0.15) is 41.8 Å². The fourth-order valence-electron chi connectivity index (χ4n) is 3.63. The molecule has 12 heteroatoms. The number of benzene rings is 1. The summed E-state index contributed by atoms with van der Waals surface area (Å²) in [6, 6.07) is 6.83. The molecule has 1 aliphatic rings. The maximum Gasteiger partial charge on any atom is 0.303 e. The lowest BCUT2D eigenvalue weighted by Crippen LogP contribution is -2.45. The average Bonchev–Trinajstić information content (AvgIpc) is 3.52. The first-order valence-corrected chi connectivity index (χ1v) is 13.0. The smallest absolute Gasteiger partial charge is 0.303 e. The van der Waals surface area contributed by atoms with Gasteiger partial charge in [0.05, 0.1) is 22.4 Å². The number of nitrogens with zero attached hydrogens (tertiary/aromatic N) is 3. The van der Waals surface area contributed by atoms with Crippen LogP contribution in [0.15, 0.2) is 57.9 Å². The van der Waals surface area contributed by atoms with Gasteiger partial charge in [0.25, 0.3) is 5.91 Å². The number of thiazole rings is 1. The van der Waals surface area contributed by atoms with Crippen LogP contribution in [0.5, 0.6) is 0 Å². The number of alkyl halides is 2. The summed E-state index contributed by atoms with van der Waals surface area (Å²) in [5, 5.41) is 6.79. The van der Waals surface area contributed by atoms with Crippen LogP contribution in [0, 0.1) is 0 Å². The van der Waals surface area contributed by atoms with Crippen molar-refractivity contribution in [1.29, 1.82) is 0 Å². The van der Waals surface area contributed by atoms with Gasteiger partial charge in [-0.1, -0.05) is 17.9 Å². The summed E-state index contributed by atoms with van der Waals surface area (Å²) in [6.07, 6.45) is 5.72. The molecule has 1 aliphatic heterocycles. The van der Waals surface area contributed by atoms with E-state index in [1.807, 2.05) is 4.90 Å². The van der Waals surface area contributed by atoms with Crippen molar-refractivity contribution >= 4 is 45.7 Å². The number of hydrogen-bond donors (Lipinski definition) is 2. The molecular formula is C24H25F2N5O3S2. The molecule has 0 bridgehead atoms. The third-order valence-corrected chi connectivity index (χ3v) is 7.54. The molecule has 0 spiro atoms. The summed E-state index contributed by atoms with van der Waals surface area (Å²) in [7, 11) is 0. The maximum absolute atomic E-state index is 13.3. The zero-order chi connectivity index (χ0) is 25.7. The van der Waals surface area contributed by atoms with E-state index < -0.39 is 11.7 Å². The highest BCUT2D eigenvalue weighted by atomic mass is 32.2. The predicted molar refractivity (Wildman–Crippen MR) is 136 cm³/mol. The van der Waals surface area contributed by atoms with Crippen LogP contribution < -0.4 is 10.6 Å². The Hall–Kier alpha value is -3.25. The minimum Gasteiger partial charge on any atom is -0.438 e. The van der Waals surface area contributed by atoms with Crippen molar-refractivity contribution in [3.8, 4) is 0 Å². The second-order valence-corrected chi connectivity index (χ2v) is 10.6. The predicted octanol–water partition coefficient (Wildman–Crippen LogP) is 5.38. The number of thioether (sulfide) groups is 1. The van der Waals surface area contributed by atoms with Crippen LogP contribution >= 0.6 is 23.1 Å². The number of aromatic nitrogens is 2. The van der Waals surface area contributed by atoms with E-state index in [0.717, 1.165) is 35.3 Å². The summed E-state index contributed by atoms with van der Waals surface area (Å²) in [5.41, 5.74) is 1.15. The zero-order valence-electron chi connectivity index (χ0n) is 19.5. The molecule has 0 unspecified atom stereocenters. The molecule has 190 valence electrons. The van der Waals surface area contributed by atoms with E-state index in [9.17, 15) is 18.4 Å². The minimum atomic E-state index is -3.06. The van der Waals surface area contributed by atoms with Gasteiger partial charge in [-0.05, 0) is 43.2 Å². The van der Waals surface area contributed by atoms with Gasteiger partial charge in [-0.25, -0.2) is 9.97 Å². The Balaban J connectivity index is 1.29. The number of piperidine rings is 1. The van der Waals surface area contributed by atoms with Crippen LogP contribution in [0.4, 0.5) is 19.6 Å². The third-order valence-electron chi connectivity index (χ3n) is 5.43. The van der Waals surface area contributed by atoms with Gasteiger partial charge in [-0.15, -0.1) is 11.8 Å². The molecule has 2 N–H and O–H groups in total. The Kier molecular flexibility index (Phi) is 8.04. The summed E-state index contributed by atoms with van der Waals surface area (Å²) in [4.78, 5) is 34.5. The van der Waals surface area contributed by atoms with E-state index in [-0.39, 0.29) is 23.7 Å². The second-order valence-electron chi connectivity index (χ2n) is 8.29. The quantitative estimate of drug-likeness (QED) is 0.282. The molecule has 1 saturated heterocycles. The first kappa shape index (κ1) is 25.8. The van der Waals surface area contributed by atoms with Gasteiger partial charge in [0, 0.05) is 37.3 Å². The number of halogens is 2. The van der Waals surface area contributed by atoms with Gasteiger partial charge in [0.15, 0.2) is 10.9 Å². The fourth-order valence-corrected chi connectivity index (χ4v) is 5.43. The molecule has 2 aromatic heterocycles. The molecule has 0 radical (unpaired) electrons. The summed E-state index contributed by atoms with van der Waals surface area (Å²) in [6.45, 7) is 5.40. The fraction of sp³-hybridized carbons (Fsp3) is 0.333. The van der Waals surface area contributed by atoms with Crippen LogP contribution in [-0.2, 0) is 16.5 Å². The molecule has 8 nitrogen and oxygen atoms in total. The van der Waals surface area contributed by atoms with Gasteiger partial charge in [0.1, 0.15) is 0 Å². The maximum atomic E-state index is 13.3. The number of likely N-dealkylation sites (tertiary alicyclic amines) is 1. The highest BCUT2D eigenvalue weighted by Gasteiger charge is 2.29. The van der Waals surface area contributed by atoms with Crippen LogP contribution in [-0.4, -0.2) is 45.8 Å². The molecule has 36 heavy (non-hydrogen) atoms. The van der Waals surface area contributed by atoms with Crippen molar-refractivity contribution in [1.82, 2.24) is 14.9 Å². The molecule has 4 rings (SSSR count). The van der Waals surface area contributed by atoms with Crippen molar-refractivity contribution < 1.29 is 22.8 Å². The largest absolute Gasteiger partial charge is 0.438 e. The number of hydrogen-bond acceptors (Lipinski definition) is 8. The number of rotatable bonds is 9. The normalized spacial score (nSPS) is 16.0. The first-order valence-electron chi connectivity index (χ1n) is 11.2. The molecule has 3 heterocycles. The van der Waals surface area contributed by atoms with Crippen molar-refractivity contribution in [2.75, 3.05) is 23.7 Å². The number of nitrogens with one attached hydrogen (secondary N) is 2. The topological polar surface area (TPSA) is 100 Å². The van der Waals surface area contributed by atoms with Crippen molar-refractivity contribution in [2.45, 2.75) is 41.7 Å². The highest BCUT2D eigenvalue weighted by molar-refractivity contribution is 8.00. The Morgan fingerprint density at radius 1 is 1.31 bits per heavy atom. The van der Waals surface area contributed by atoms with Gasteiger partial charge in [-0.3, -0.25) is 9.59 Å². The van der Waals surface area contributed by atoms with E-state index in [1.165, 1.54) is 29.2 Å². The molecule has 2 amide bonds. The molecule has 0 saturated carbocycles. The summed E-state index contributed by atoms with van der Waals surface area (Å²) in [5.74, 6) is -3.33. The lowest BCUT2D eigenvalue weighted by molar-refractivity contribution is -0.111. The van der Waals surface area contributed by atoms with Crippen molar-refractivity contribution in [3.63, 3.8) is 0 Å². The van der Waals surface area contributed by atoms with Crippen molar-refractivity contribution in [2.24, 2.45) is 0 Å². The van der Waals surface area contributed by atoms with Gasteiger partial charge >= 0.3 is 5.92 Å². The number of anilines is 2. The second kappa shape index (κ2) is 11.2. The SMILES string of the molecule is C=CC(=O)Nc1ccc(C(=O)N2CCC[C@@H](Nc3ncc(SCc4ncc(C(C)(F)F)o4)s3)C2)cc1. The molecule has 1 aromatic carbocycles. The lowest BCUT2D eigenvalue weighted by Gasteiger charge is -2.33. The molecule has 3 aromatic rings. The molecule has 1 fully saturated rings. The Labute approximate surface area is 215 Å². The first-order chi connectivity index (χ1) is 17.2. The third kappa shape index (κ3) is 6.70. The van der Waals surface area contributed by atoms with Crippen molar-refractivity contribution in [3.05, 3.63) is 66.5 Å². The highest BCUT2D eigenvalue weighted by Crippen LogP contribution is 2.33. The standard InChI is InChI=1S/C24H25F2N5O3S2/c1-3-19(32)29-16-8-6-15(7-9-16)22(33)31-10-4-5-17(13-31)30-23-28-12-21(36-23)35-14-20-27-11-18(34-20)24(2,25)26/h3,6-9,11-12,17H,1,4-5,10,13-14H2,2H3,(H,28,30)(H,29,32)/t17-/m1/s1. The Morgan fingerprint density at radius 2 is 2.08 bits per heavy atom. The number of carbonyl (C=O) groups excluding carboxylic acids is 2.